The first-order valence-corrected chi connectivity index (χ1v) is 10.4. The molecule has 0 aliphatic carbocycles. The zero-order valence-electron chi connectivity index (χ0n) is 16.1. The van der Waals surface area contributed by atoms with Gasteiger partial charge in [-0.2, -0.15) is 0 Å². The minimum Gasteiger partial charge on any atom is -0.462 e. The summed E-state index contributed by atoms with van der Waals surface area (Å²) >= 11 is 1.33. The van der Waals surface area contributed by atoms with Crippen molar-refractivity contribution >= 4 is 27.5 Å². The molecular weight excluding hydrogens is 382 g/mol. The van der Waals surface area contributed by atoms with Gasteiger partial charge in [-0.15, -0.1) is 11.3 Å². The number of esters is 1. The van der Waals surface area contributed by atoms with E-state index in [0.717, 1.165) is 27.9 Å². The van der Waals surface area contributed by atoms with Gasteiger partial charge >= 0.3 is 5.97 Å². The SMILES string of the molecule is CCOC(=O)c1sc2c(ccc(=O)n2-c2ccccc2)c1CCc1ccccc1. The van der Waals surface area contributed by atoms with Gasteiger partial charge in [0.05, 0.1) is 12.3 Å². The van der Waals surface area contributed by atoms with Crippen molar-refractivity contribution in [2.45, 2.75) is 19.8 Å². The van der Waals surface area contributed by atoms with Crippen molar-refractivity contribution in [1.29, 1.82) is 0 Å². The molecule has 0 aliphatic rings. The molecule has 0 spiro atoms. The van der Waals surface area contributed by atoms with Crippen LogP contribution in [-0.4, -0.2) is 17.1 Å². The molecule has 4 rings (SSSR count). The molecule has 0 N–H and O–H groups in total. The molecule has 2 aromatic heterocycles. The van der Waals surface area contributed by atoms with Crippen LogP contribution in [0.15, 0.2) is 77.6 Å². The van der Waals surface area contributed by atoms with E-state index < -0.39 is 0 Å². The third-order valence-corrected chi connectivity index (χ3v) is 6.04. The van der Waals surface area contributed by atoms with Crippen LogP contribution >= 0.6 is 11.3 Å². The van der Waals surface area contributed by atoms with Gasteiger partial charge in [-0.3, -0.25) is 9.36 Å². The predicted molar refractivity (Wildman–Crippen MR) is 117 cm³/mol. The molecule has 5 heteroatoms. The van der Waals surface area contributed by atoms with Crippen LogP contribution in [0.2, 0.25) is 0 Å². The molecule has 29 heavy (non-hydrogen) atoms. The average Bonchev–Trinajstić information content (AvgIpc) is 3.12. The van der Waals surface area contributed by atoms with Crippen LogP contribution in [0.5, 0.6) is 0 Å². The number of rotatable bonds is 6. The lowest BCUT2D eigenvalue weighted by Gasteiger charge is -2.08. The second kappa shape index (κ2) is 8.45. The van der Waals surface area contributed by atoms with E-state index in [-0.39, 0.29) is 11.5 Å². The fourth-order valence-electron chi connectivity index (χ4n) is 3.48. The molecule has 0 aliphatic heterocycles. The van der Waals surface area contributed by atoms with Gasteiger partial charge in [0, 0.05) is 11.5 Å². The van der Waals surface area contributed by atoms with Gasteiger partial charge in [-0.25, -0.2) is 4.79 Å². The normalized spacial score (nSPS) is 10.9. The predicted octanol–water partition coefficient (Wildman–Crippen LogP) is 5.01. The number of para-hydroxylation sites is 1. The summed E-state index contributed by atoms with van der Waals surface area (Å²) in [6.45, 7) is 2.12. The molecule has 0 saturated carbocycles. The number of thiophene rings is 1. The molecule has 2 aromatic carbocycles. The number of ether oxygens (including phenoxy) is 1. The van der Waals surface area contributed by atoms with E-state index in [1.165, 1.54) is 16.9 Å². The standard InChI is InChI=1S/C24H21NO3S/c1-2-28-24(27)22-19(14-13-17-9-5-3-6-10-17)20-15-16-21(26)25(23(20)29-22)18-11-7-4-8-12-18/h3-12,15-16H,2,13-14H2,1H3. The molecule has 2 heterocycles. The van der Waals surface area contributed by atoms with Crippen LogP contribution in [-0.2, 0) is 17.6 Å². The fraction of sp³-hybridized carbons (Fsp3) is 0.167. The summed E-state index contributed by atoms with van der Waals surface area (Å²) in [5, 5.41) is 0.928. The largest absolute Gasteiger partial charge is 0.462 e. The molecule has 0 fully saturated rings. The minimum absolute atomic E-state index is 0.116. The van der Waals surface area contributed by atoms with Crippen molar-refractivity contribution < 1.29 is 9.53 Å². The van der Waals surface area contributed by atoms with Crippen LogP contribution in [0.4, 0.5) is 0 Å². The first kappa shape index (κ1) is 19.2. The molecule has 0 bridgehead atoms. The highest BCUT2D eigenvalue weighted by Crippen LogP contribution is 2.33. The summed E-state index contributed by atoms with van der Waals surface area (Å²) in [6, 6.07) is 23.1. The van der Waals surface area contributed by atoms with Crippen LogP contribution < -0.4 is 5.56 Å². The molecule has 146 valence electrons. The van der Waals surface area contributed by atoms with Gasteiger partial charge in [-0.1, -0.05) is 48.5 Å². The van der Waals surface area contributed by atoms with E-state index in [4.69, 9.17) is 4.74 Å². The lowest BCUT2D eigenvalue weighted by atomic mass is 10.0. The van der Waals surface area contributed by atoms with E-state index in [9.17, 15) is 9.59 Å². The Balaban J connectivity index is 1.87. The van der Waals surface area contributed by atoms with Gasteiger partial charge in [-0.05, 0) is 49.1 Å². The Morgan fingerprint density at radius 3 is 2.31 bits per heavy atom. The zero-order valence-corrected chi connectivity index (χ0v) is 16.9. The number of fused-ring (bicyclic) bond motifs is 1. The summed E-state index contributed by atoms with van der Waals surface area (Å²) in [5.41, 5.74) is 2.82. The highest BCUT2D eigenvalue weighted by molar-refractivity contribution is 7.20. The third kappa shape index (κ3) is 3.87. The van der Waals surface area contributed by atoms with Crippen molar-refractivity contribution in [3.05, 3.63) is 99.2 Å². The highest BCUT2D eigenvalue weighted by atomic mass is 32.1. The highest BCUT2D eigenvalue weighted by Gasteiger charge is 2.22. The maximum atomic E-state index is 12.7. The van der Waals surface area contributed by atoms with Crippen molar-refractivity contribution in [3.8, 4) is 5.69 Å². The summed E-state index contributed by atoms with van der Waals surface area (Å²) < 4.78 is 6.99. The number of hydrogen-bond acceptors (Lipinski definition) is 4. The fourth-order valence-corrected chi connectivity index (χ4v) is 4.74. The Morgan fingerprint density at radius 2 is 1.62 bits per heavy atom. The van der Waals surface area contributed by atoms with Crippen LogP contribution in [0.1, 0.15) is 27.7 Å². The number of aromatic nitrogens is 1. The minimum atomic E-state index is -0.330. The maximum absolute atomic E-state index is 12.7. The molecule has 0 atom stereocenters. The Morgan fingerprint density at radius 1 is 0.931 bits per heavy atom. The topological polar surface area (TPSA) is 48.3 Å². The summed E-state index contributed by atoms with van der Waals surface area (Å²) in [6.07, 6.45) is 1.51. The third-order valence-electron chi connectivity index (χ3n) is 4.83. The van der Waals surface area contributed by atoms with Crippen LogP contribution in [0.3, 0.4) is 0 Å². The number of benzene rings is 2. The van der Waals surface area contributed by atoms with Crippen molar-refractivity contribution in [1.82, 2.24) is 4.57 Å². The molecular formula is C24H21NO3S. The molecule has 0 saturated heterocycles. The number of aryl methyl sites for hydroxylation is 2. The lowest BCUT2D eigenvalue weighted by Crippen LogP contribution is -2.16. The van der Waals surface area contributed by atoms with Crippen molar-refractivity contribution in [3.63, 3.8) is 0 Å². The quantitative estimate of drug-likeness (QED) is 0.425. The van der Waals surface area contributed by atoms with E-state index in [0.29, 0.717) is 17.9 Å². The first-order chi connectivity index (χ1) is 14.2. The molecule has 4 aromatic rings. The molecule has 0 amide bonds. The van der Waals surface area contributed by atoms with E-state index in [1.54, 1.807) is 17.6 Å². The smallest absolute Gasteiger partial charge is 0.348 e. The zero-order chi connectivity index (χ0) is 20.2. The number of carbonyl (C=O) groups is 1. The second-order valence-corrected chi connectivity index (χ2v) is 7.68. The lowest BCUT2D eigenvalue weighted by molar-refractivity contribution is 0.0531. The Kier molecular flexibility index (Phi) is 5.58. The summed E-state index contributed by atoms with van der Waals surface area (Å²) in [7, 11) is 0. The number of pyridine rings is 1. The second-order valence-electron chi connectivity index (χ2n) is 6.68. The van der Waals surface area contributed by atoms with Crippen molar-refractivity contribution in [2.24, 2.45) is 0 Å². The van der Waals surface area contributed by atoms with Gasteiger partial charge in [0.25, 0.3) is 5.56 Å². The molecule has 4 nitrogen and oxygen atoms in total. The first-order valence-electron chi connectivity index (χ1n) is 9.63. The summed E-state index contributed by atoms with van der Waals surface area (Å²) in [5.74, 6) is -0.330. The average molecular weight is 404 g/mol. The van der Waals surface area contributed by atoms with E-state index in [1.807, 2.05) is 54.6 Å². The number of nitrogens with zero attached hydrogens (tertiary/aromatic N) is 1. The molecule has 0 radical (unpaired) electrons. The van der Waals surface area contributed by atoms with Crippen LogP contribution in [0.25, 0.3) is 15.9 Å². The Hall–Kier alpha value is -3.18. The Labute approximate surface area is 173 Å². The monoisotopic (exact) mass is 403 g/mol. The Bertz CT molecular complexity index is 1190. The number of carbonyl (C=O) groups excluding carboxylic acids is 1. The van der Waals surface area contributed by atoms with Gasteiger partial charge < -0.3 is 4.74 Å². The van der Waals surface area contributed by atoms with E-state index >= 15 is 0 Å². The van der Waals surface area contributed by atoms with Gasteiger partial charge in [0.1, 0.15) is 9.71 Å². The molecule has 0 unspecified atom stereocenters. The maximum Gasteiger partial charge on any atom is 0.348 e. The van der Waals surface area contributed by atoms with Gasteiger partial charge in [0.2, 0.25) is 0 Å². The van der Waals surface area contributed by atoms with Gasteiger partial charge in [0.15, 0.2) is 0 Å². The van der Waals surface area contributed by atoms with E-state index in [2.05, 4.69) is 12.1 Å². The van der Waals surface area contributed by atoms with Crippen LogP contribution in [0, 0.1) is 0 Å². The summed E-state index contributed by atoms with van der Waals surface area (Å²) in [4.78, 5) is 26.7. The van der Waals surface area contributed by atoms with Crippen molar-refractivity contribution in [2.75, 3.05) is 6.61 Å². The number of hydrogen-bond donors (Lipinski definition) is 0.